The fourth-order valence-electron chi connectivity index (χ4n) is 10.4. The van der Waals surface area contributed by atoms with Crippen molar-refractivity contribution in [2.75, 3.05) is 10.6 Å². The van der Waals surface area contributed by atoms with Crippen LogP contribution in [0.5, 0.6) is 0 Å². The van der Waals surface area contributed by atoms with Crippen molar-refractivity contribution in [3.05, 3.63) is 193 Å². The highest BCUT2D eigenvalue weighted by molar-refractivity contribution is 6.28. The number of ketones is 2. The summed E-state index contributed by atoms with van der Waals surface area (Å²) in [4.78, 5) is 56.0. The second-order valence-electron chi connectivity index (χ2n) is 17.3. The molecule has 0 bridgehead atoms. The molecule has 0 spiro atoms. The van der Waals surface area contributed by atoms with Crippen molar-refractivity contribution in [2.24, 2.45) is 0 Å². The third kappa shape index (κ3) is 6.49. The number of carbonyl (C=O) groups is 4. The summed E-state index contributed by atoms with van der Waals surface area (Å²) in [6, 6.07) is 60.4. The zero-order valence-electron chi connectivity index (χ0n) is 35.8. The SMILES string of the molecule is O=C(CCC(=O)c1ccc2ccc3cccc4ccc1c2c34)Nc1ccc2ccccc2c1-c1c(NC(=O)CCC(=O)c2ccc3ccc4cccc5ccc2c3c45)ccc2ccccc12. The molecule has 2 amide bonds. The molecule has 0 aliphatic heterocycles. The van der Waals surface area contributed by atoms with Gasteiger partial charge in [-0.05, 0) is 98.3 Å². The van der Waals surface area contributed by atoms with Crippen molar-refractivity contribution in [3.63, 3.8) is 0 Å². The molecule has 0 heterocycles. The van der Waals surface area contributed by atoms with Gasteiger partial charge >= 0.3 is 0 Å². The van der Waals surface area contributed by atoms with Gasteiger partial charge in [0.05, 0.1) is 0 Å². The van der Waals surface area contributed by atoms with Crippen LogP contribution in [0.3, 0.4) is 0 Å². The van der Waals surface area contributed by atoms with E-state index in [0.717, 1.165) is 97.3 Å². The summed E-state index contributed by atoms with van der Waals surface area (Å²) in [5, 5.41) is 22.9. The Morgan fingerprint density at radius 3 is 1.05 bits per heavy atom. The van der Waals surface area contributed by atoms with Crippen molar-refractivity contribution in [2.45, 2.75) is 25.7 Å². The zero-order valence-corrected chi connectivity index (χ0v) is 35.8. The Kier molecular flexibility index (Phi) is 9.28. The van der Waals surface area contributed by atoms with Crippen molar-refractivity contribution in [1.29, 1.82) is 0 Å². The molecule has 0 fully saturated rings. The Labute approximate surface area is 379 Å². The predicted octanol–water partition coefficient (Wildman–Crippen LogP) is 14.7. The third-order valence-electron chi connectivity index (χ3n) is 13.5. The van der Waals surface area contributed by atoms with Crippen LogP contribution in [0.25, 0.3) is 97.3 Å². The Bertz CT molecular complexity index is 3690. The zero-order chi connectivity index (χ0) is 44.5. The summed E-state index contributed by atoms with van der Waals surface area (Å²) in [5.41, 5.74) is 3.82. The lowest BCUT2D eigenvalue weighted by molar-refractivity contribution is -0.117. The van der Waals surface area contributed by atoms with Crippen LogP contribution in [0, 0.1) is 0 Å². The molecule has 0 atom stereocenters. The number of benzene rings is 12. The van der Waals surface area contributed by atoms with Gasteiger partial charge in [0.1, 0.15) is 0 Å². The number of nitrogens with one attached hydrogen (secondary N) is 2. The molecule has 314 valence electrons. The first-order valence-corrected chi connectivity index (χ1v) is 22.4. The second kappa shape index (κ2) is 15.6. The van der Waals surface area contributed by atoms with E-state index in [4.69, 9.17) is 0 Å². The minimum Gasteiger partial charge on any atom is -0.325 e. The topological polar surface area (TPSA) is 92.3 Å². The van der Waals surface area contributed by atoms with Crippen molar-refractivity contribution in [3.8, 4) is 11.1 Å². The van der Waals surface area contributed by atoms with Gasteiger partial charge in [0.2, 0.25) is 11.8 Å². The molecule has 12 aromatic rings. The van der Waals surface area contributed by atoms with Gasteiger partial charge in [-0.1, -0.05) is 170 Å². The Morgan fingerprint density at radius 2 is 0.621 bits per heavy atom. The quantitative estimate of drug-likeness (QED) is 0.100. The first-order valence-electron chi connectivity index (χ1n) is 22.4. The maximum Gasteiger partial charge on any atom is 0.224 e. The van der Waals surface area contributed by atoms with E-state index in [9.17, 15) is 19.2 Å². The van der Waals surface area contributed by atoms with E-state index in [1.165, 1.54) is 0 Å². The van der Waals surface area contributed by atoms with Crippen LogP contribution in [0.15, 0.2) is 182 Å². The standard InChI is InChI=1S/C60H40N2O4/c63-51(45-25-19-41-17-15-37-9-5-11-39-21-27-47(45)57(41)55(37)39)31-33-53(65)61-49-29-23-35-7-1-3-13-43(35)59(49)60-44-14-4-2-8-36(44)24-30-50(60)62-54(66)34-32-52(64)46-26-20-42-18-16-38-10-6-12-40-22-28-48(46)58(42)56(38)40/h1-30H,31-34H2,(H,61,65)(H,62,66). The molecular weight excluding hydrogens is 813 g/mol. The number of hydrogen-bond acceptors (Lipinski definition) is 4. The lowest BCUT2D eigenvalue weighted by Crippen LogP contribution is -2.16. The average Bonchev–Trinajstić information content (AvgIpc) is 3.35. The van der Waals surface area contributed by atoms with Crippen LogP contribution in [0.4, 0.5) is 11.4 Å². The summed E-state index contributed by atoms with van der Waals surface area (Å²) in [7, 11) is 0. The van der Waals surface area contributed by atoms with Crippen molar-refractivity contribution < 1.29 is 19.2 Å². The Balaban J connectivity index is 0.836. The maximum atomic E-state index is 14.0. The lowest BCUT2D eigenvalue weighted by atomic mass is 9.90. The second-order valence-corrected chi connectivity index (χ2v) is 17.3. The van der Waals surface area contributed by atoms with Crippen LogP contribution in [0.2, 0.25) is 0 Å². The maximum absolute atomic E-state index is 14.0. The van der Waals surface area contributed by atoms with Gasteiger partial charge in [0.25, 0.3) is 0 Å². The molecule has 0 saturated heterocycles. The van der Waals surface area contributed by atoms with Crippen LogP contribution in [-0.2, 0) is 9.59 Å². The Morgan fingerprint density at radius 1 is 0.288 bits per heavy atom. The average molecular weight is 853 g/mol. The monoisotopic (exact) mass is 852 g/mol. The molecule has 0 saturated carbocycles. The molecule has 0 aliphatic carbocycles. The third-order valence-corrected chi connectivity index (χ3v) is 13.5. The van der Waals surface area contributed by atoms with Crippen LogP contribution in [-0.4, -0.2) is 23.4 Å². The number of Topliss-reactive ketones (excluding diaryl/α,β-unsaturated/α-hetero) is 2. The number of hydrogen-bond donors (Lipinski definition) is 2. The van der Waals surface area contributed by atoms with Crippen LogP contribution >= 0.6 is 0 Å². The largest absolute Gasteiger partial charge is 0.325 e. The molecule has 2 N–H and O–H groups in total. The molecule has 12 aromatic carbocycles. The van der Waals surface area contributed by atoms with Crippen molar-refractivity contribution in [1.82, 2.24) is 0 Å². The predicted molar refractivity (Wildman–Crippen MR) is 272 cm³/mol. The summed E-state index contributed by atoms with van der Waals surface area (Å²) in [6.07, 6.45) is 0.0158. The van der Waals surface area contributed by atoms with Gasteiger partial charge in [-0.25, -0.2) is 0 Å². The molecular formula is C60H40N2O4. The van der Waals surface area contributed by atoms with E-state index >= 15 is 0 Å². The highest BCUT2D eigenvalue weighted by Gasteiger charge is 2.22. The lowest BCUT2D eigenvalue weighted by Gasteiger charge is -2.20. The molecule has 66 heavy (non-hydrogen) atoms. The summed E-state index contributed by atoms with van der Waals surface area (Å²) in [5.74, 6) is -0.792. The van der Waals surface area contributed by atoms with E-state index in [2.05, 4.69) is 71.3 Å². The van der Waals surface area contributed by atoms with Crippen LogP contribution < -0.4 is 10.6 Å². The number of carbonyl (C=O) groups excluding carboxylic acids is 4. The van der Waals surface area contributed by atoms with Crippen molar-refractivity contribution >= 4 is 121 Å². The summed E-state index contributed by atoms with van der Waals surface area (Å²) < 4.78 is 0. The van der Waals surface area contributed by atoms with Gasteiger partial charge in [-0.2, -0.15) is 0 Å². The van der Waals surface area contributed by atoms with Gasteiger partial charge in [0.15, 0.2) is 11.6 Å². The minimum atomic E-state index is -0.297. The van der Waals surface area contributed by atoms with Crippen LogP contribution in [0.1, 0.15) is 46.4 Å². The summed E-state index contributed by atoms with van der Waals surface area (Å²) in [6.45, 7) is 0. The molecule has 0 unspecified atom stereocenters. The fraction of sp³-hybridized carbons (Fsp3) is 0.0667. The molecule has 6 heteroatoms. The molecule has 0 radical (unpaired) electrons. The number of rotatable bonds is 11. The number of fused-ring (bicyclic) bond motifs is 2. The first-order chi connectivity index (χ1) is 32.4. The molecule has 0 aliphatic rings. The Hall–Kier alpha value is -8.48. The summed E-state index contributed by atoms with van der Waals surface area (Å²) >= 11 is 0. The van der Waals surface area contributed by atoms with E-state index in [0.29, 0.717) is 22.5 Å². The first kappa shape index (κ1) is 39.1. The fourth-order valence-corrected chi connectivity index (χ4v) is 10.4. The van der Waals surface area contributed by atoms with E-state index in [1.54, 1.807) is 0 Å². The van der Waals surface area contributed by atoms with E-state index in [-0.39, 0.29) is 49.1 Å². The smallest absolute Gasteiger partial charge is 0.224 e. The highest BCUT2D eigenvalue weighted by Crippen LogP contribution is 2.44. The molecule has 12 rings (SSSR count). The number of amides is 2. The van der Waals surface area contributed by atoms with Gasteiger partial charge < -0.3 is 10.6 Å². The van der Waals surface area contributed by atoms with Gasteiger partial charge in [0, 0.05) is 59.3 Å². The minimum absolute atomic E-state index is 0.0215. The highest BCUT2D eigenvalue weighted by atomic mass is 16.2. The molecule has 6 nitrogen and oxygen atoms in total. The number of anilines is 2. The normalized spacial score (nSPS) is 11.8. The van der Waals surface area contributed by atoms with E-state index < -0.39 is 0 Å². The van der Waals surface area contributed by atoms with E-state index in [1.807, 2.05) is 121 Å². The van der Waals surface area contributed by atoms with Gasteiger partial charge in [-0.3, -0.25) is 19.2 Å². The molecule has 0 aromatic heterocycles. The van der Waals surface area contributed by atoms with Gasteiger partial charge in [-0.15, -0.1) is 0 Å².